The van der Waals surface area contributed by atoms with Crippen molar-refractivity contribution in [3.05, 3.63) is 46.8 Å². The minimum absolute atomic E-state index is 0.0147. The van der Waals surface area contributed by atoms with Gasteiger partial charge in [-0.3, -0.25) is 4.79 Å². The van der Waals surface area contributed by atoms with E-state index in [9.17, 15) is 13.2 Å². The number of carbonyl (C=O) groups is 1. The largest absolute Gasteiger partial charge is 0.493 e. The normalized spacial score (nSPS) is 12.3. The third-order valence-electron chi connectivity index (χ3n) is 4.74. The molecule has 0 radical (unpaired) electrons. The number of hydrogen-bond donors (Lipinski definition) is 0. The molecule has 10 heteroatoms. The van der Waals surface area contributed by atoms with Gasteiger partial charge in [0.05, 0.1) is 47.3 Å². The Morgan fingerprint density at radius 1 is 1.10 bits per heavy atom. The second kappa shape index (κ2) is 9.63. The molecule has 1 amide bonds. The molecule has 0 N–H and O–H groups in total. The summed E-state index contributed by atoms with van der Waals surface area (Å²) in [6.45, 7) is 2.40. The first-order chi connectivity index (χ1) is 14.9. The van der Waals surface area contributed by atoms with Crippen LogP contribution in [0.5, 0.6) is 11.5 Å². The first-order valence-corrected chi connectivity index (χ1v) is 12.0. The SMILES string of the molecule is CCS(=O)(=O)c1ccccc1C(=O)N=c1sc2cc(OC)c(OC)cc2n1CCOC. The Morgan fingerprint density at radius 2 is 1.77 bits per heavy atom. The molecule has 1 aromatic heterocycles. The van der Waals surface area contributed by atoms with Crippen molar-refractivity contribution < 1.29 is 27.4 Å². The van der Waals surface area contributed by atoms with Crippen molar-refractivity contribution in [1.82, 2.24) is 4.57 Å². The number of aromatic nitrogens is 1. The van der Waals surface area contributed by atoms with E-state index in [1.165, 1.54) is 23.5 Å². The van der Waals surface area contributed by atoms with E-state index in [-0.39, 0.29) is 16.2 Å². The summed E-state index contributed by atoms with van der Waals surface area (Å²) in [5, 5.41) is 0. The average Bonchev–Trinajstić information content (AvgIpc) is 3.12. The van der Waals surface area contributed by atoms with Crippen molar-refractivity contribution in [1.29, 1.82) is 0 Å². The van der Waals surface area contributed by atoms with Gasteiger partial charge in [0.15, 0.2) is 26.1 Å². The van der Waals surface area contributed by atoms with Crippen LogP contribution in [0, 0.1) is 0 Å². The molecule has 0 saturated carbocycles. The topological polar surface area (TPSA) is 96.2 Å². The Labute approximate surface area is 184 Å². The summed E-state index contributed by atoms with van der Waals surface area (Å²) in [4.78, 5) is 17.7. The van der Waals surface area contributed by atoms with E-state index in [0.717, 1.165) is 10.2 Å². The summed E-state index contributed by atoms with van der Waals surface area (Å²) in [7, 11) is 1.12. The molecule has 0 aliphatic carbocycles. The van der Waals surface area contributed by atoms with Gasteiger partial charge in [-0.1, -0.05) is 30.4 Å². The molecule has 0 unspecified atom stereocenters. The third kappa shape index (κ3) is 4.65. The minimum atomic E-state index is -3.57. The highest BCUT2D eigenvalue weighted by molar-refractivity contribution is 7.91. The molecule has 166 valence electrons. The van der Waals surface area contributed by atoms with Crippen LogP contribution in [-0.4, -0.2) is 52.6 Å². The molecule has 31 heavy (non-hydrogen) atoms. The molecular formula is C21H24N2O6S2. The molecule has 0 aliphatic heterocycles. The van der Waals surface area contributed by atoms with Crippen molar-refractivity contribution >= 4 is 37.3 Å². The Kier molecular flexibility index (Phi) is 7.14. The van der Waals surface area contributed by atoms with E-state index < -0.39 is 15.7 Å². The van der Waals surface area contributed by atoms with Crippen LogP contribution in [0.2, 0.25) is 0 Å². The number of rotatable bonds is 8. The second-order valence-electron chi connectivity index (χ2n) is 6.52. The van der Waals surface area contributed by atoms with Crippen molar-refractivity contribution in [2.24, 2.45) is 4.99 Å². The van der Waals surface area contributed by atoms with Gasteiger partial charge in [0.2, 0.25) is 0 Å². The van der Waals surface area contributed by atoms with Crippen LogP contribution in [0.1, 0.15) is 17.3 Å². The average molecular weight is 465 g/mol. The number of carbonyl (C=O) groups excluding carboxylic acids is 1. The highest BCUT2D eigenvalue weighted by Gasteiger charge is 2.21. The van der Waals surface area contributed by atoms with Crippen LogP contribution in [0.4, 0.5) is 0 Å². The van der Waals surface area contributed by atoms with Crippen LogP contribution in [0.15, 0.2) is 46.3 Å². The van der Waals surface area contributed by atoms with E-state index >= 15 is 0 Å². The molecule has 3 aromatic rings. The Hall–Kier alpha value is -2.69. The van der Waals surface area contributed by atoms with Gasteiger partial charge in [0.25, 0.3) is 5.91 Å². The second-order valence-corrected chi connectivity index (χ2v) is 9.78. The van der Waals surface area contributed by atoms with Crippen LogP contribution in [0.25, 0.3) is 10.2 Å². The highest BCUT2D eigenvalue weighted by Crippen LogP contribution is 2.33. The van der Waals surface area contributed by atoms with E-state index in [0.29, 0.717) is 29.5 Å². The van der Waals surface area contributed by atoms with E-state index in [2.05, 4.69) is 4.99 Å². The molecule has 0 aliphatic rings. The van der Waals surface area contributed by atoms with Crippen LogP contribution >= 0.6 is 11.3 Å². The fraction of sp³-hybridized carbons (Fsp3) is 0.333. The predicted molar refractivity (Wildman–Crippen MR) is 119 cm³/mol. The molecule has 0 spiro atoms. The highest BCUT2D eigenvalue weighted by atomic mass is 32.2. The zero-order valence-electron chi connectivity index (χ0n) is 17.7. The number of benzene rings is 2. The monoisotopic (exact) mass is 464 g/mol. The summed E-state index contributed by atoms with van der Waals surface area (Å²) in [5.41, 5.74) is 0.857. The molecule has 0 atom stereocenters. The Bertz CT molecular complexity index is 1270. The molecule has 3 rings (SSSR count). The molecule has 0 bridgehead atoms. The first-order valence-electron chi connectivity index (χ1n) is 9.51. The van der Waals surface area contributed by atoms with Gasteiger partial charge in [0, 0.05) is 25.8 Å². The standard InChI is InChI=1S/C21H24N2O6S2/c1-5-31(25,26)19-9-7-6-8-14(19)20(24)22-21-23(10-11-27-2)15-12-16(28-3)17(29-4)13-18(15)30-21/h6-9,12-13H,5,10-11H2,1-4H3. The van der Waals surface area contributed by atoms with Crippen LogP contribution < -0.4 is 14.3 Å². The van der Waals surface area contributed by atoms with Gasteiger partial charge < -0.3 is 18.8 Å². The van der Waals surface area contributed by atoms with Gasteiger partial charge in [-0.05, 0) is 12.1 Å². The molecule has 0 saturated heterocycles. The zero-order valence-corrected chi connectivity index (χ0v) is 19.4. The Balaban J connectivity index is 2.21. The number of thiazole rings is 1. The maximum absolute atomic E-state index is 13.0. The summed E-state index contributed by atoms with van der Waals surface area (Å²) < 4.78 is 43.5. The van der Waals surface area contributed by atoms with Gasteiger partial charge in [0.1, 0.15) is 0 Å². The number of nitrogens with zero attached hydrogens (tertiary/aromatic N) is 2. The van der Waals surface area contributed by atoms with Gasteiger partial charge in [-0.15, -0.1) is 0 Å². The minimum Gasteiger partial charge on any atom is -0.493 e. The molecule has 0 fully saturated rings. The number of fused-ring (bicyclic) bond motifs is 1. The lowest BCUT2D eigenvalue weighted by Crippen LogP contribution is -2.20. The lowest BCUT2D eigenvalue weighted by molar-refractivity contribution is 0.0994. The number of hydrogen-bond acceptors (Lipinski definition) is 7. The van der Waals surface area contributed by atoms with Crippen molar-refractivity contribution in [2.75, 3.05) is 33.7 Å². The number of sulfone groups is 1. The maximum atomic E-state index is 13.0. The van der Waals surface area contributed by atoms with E-state index in [1.807, 2.05) is 16.7 Å². The number of amides is 1. The van der Waals surface area contributed by atoms with Crippen molar-refractivity contribution in [3.8, 4) is 11.5 Å². The first kappa shape index (κ1) is 23.0. The lowest BCUT2D eigenvalue weighted by Gasteiger charge is -2.09. The van der Waals surface area contributed by atoms with Crippen LogP contribution in [0.3, 0.4) is 0 Å². The van der Waals surface area contributed by atoms with E-state index in [4.69, 9.17) is 14.2 Å². The van der Waals surface area contributed by atoms with Crippen LogP contribution in [-0.2, 0) is 21.1 Å². The molecule has 8 nitrogen and oxygen atoms in total. The van der Waals surface area contributed by atoms with Crippen molar-refractivity contribution in [3.63, 3.8) is 0 Å². The molecule has 1 heterocycles. The lowest BCUT2D eigenvalue weighted by atomic mass is 10.2. The number of methoxy groups -OCH3 is 3. The maximum Gasteiger partial charge on any atom is 0.280 e. The fourth-order valence-corrected chi connectivity index (χ4v) is 5.25. The third-order valence-corrected chi connectivity index (χ3v) is 7.56. The van der Waals surface area contributed by atoms with Gasteiger partial charge in [-0.25, -0.2) is 8.42 Å². The predicted octanol–water partition coefficient (Wildman–Crippen LogP) is 2.90. The summed E-state index contributed by atoms with van der Waals surface area (Å²) in [6.07, 6.45) is 0. The smallest absolute Gasteiger partial charge is 0.280 e. The Morgan fingerprint density at radius 3 is 2.42 bits per heavy atom. The van der Waals surface area contributed by atoms with E-state index in [1.54, 1.807) is 40.4 Å². The summed E-state index contributed by atoms with van der Waals surface area (Å²) in [5.74, 6) is 0.390. The quantitative estimate of drug-likeness (QED) is 0.509. The van der Waals surface area contributed by atoms with Gasteiger partial charge >= 0.3 is 0 Å². The fourth-order valence-electron chi connectivity index (χ4n) is 3.10. The van der Waals surface area contributed by atoms with Gasteiger partial charge in [-0.2, -0.15) is 4.99 Å². The molecular weight excluding hydrogens is 440 g/mol. The zero-order chi connectivity index (χ0) is 22.6. The summed E-state index contributed by atoms with van der Waals surface area (Å²) >= 11 is 1.30. The molecule has 2 aromatic carbocycles. The number of ether oxygens (including phenoxy) is 3. The van der Waals surface area contributed by atoms with Crippen molar-refractivity contribution in [2.45, 2.75) is 18.4 Å². The summed E-state index contributed by atoms with van der Waals surface area (Å²) in [6, 6.07) is 9.77.